The molecule has 0 spiro atoms. The van der Waals surface area contributed by atoms with Gasteiger partial charge in [-0.1, -0.05) is 48.5 Å². The van der Waals surface area contributed by atoms with Crippen LogP contribution in [-0.2, 0) is 22.6 Å². The van der Waals surface area contributed by atoms with Crippen molar-refractivity contribution in [2.75, 3.05) is 11.1 Å². The van der Waals surface area contributed by atoms with Gasteiger partial charge in [-0.25, -0.2) is 4.98 Å². The summed E-state index contributed by atoms with van der Waals surface area (Å²) in [7, 11) is 0. The number of aliphatic carboxylic acids is 1. The molecule has 2 heterocycles. The van der Waals surface area contributed by atoms with Crippen LogP contribution < -0.4 is 11.1 Å². The van der Waals surface area contributed by atoms with E-state index in [1.807, 2.05) is 36.4 Å². The summed E-state index contributed by atoms with van der Waals surface area (Å²) < 4.78 is 0. The van der Waals surface area contributed by atoms with E-state index in [4.69, 9.17) is 15.6 Å². The van der Waals surface area contributed by atoms with Gasteiger partial charge in [0.25, 0.3) is 5.97 Å². The number of carbonyl (C=O) groups excluding carboxylic acids is 1. The number of rotatable bonds is 5. The Morgan fingerprint density at radius 2 is 1.79 bits per heavy atom. The number of benzene rings is 3. The zero-order chi connectivity index (χ0) is 24.1. The summed E-state index contributed by atoms with van der Waals surface area (Å²) in [5.41, 5.74) is 9.90. The number of Topliss-reactive ketones (excluding diaryl/α,β-unsaturated/α-hetero) is 1. The average molecular weight is 454 g/mol. The maximum Gasteiger partial charge on any atom is 0.300 e. The molecule has 1 aromatic heterocycles. The van der Waals surface area contributed by atoms with Crippen LogP contribution in [0.15, 0.2) is 77.9 Å². The topological polar surface area (TPSA) is 131 Å². The average Bonchev–Trinajstić information content (AvgIpc) is 3.22. The molecule has 0 fully saturated rings. The Labute approximate surface area is 196 Å². The number of nitrogen functional groups attached to an aromatic ring is 1. The number of anilines is 3. The molecule has 1 aliphatic heterocycles. The van der Waals surface area contributed by atoms with Gasteiger partial charge in [0.15, 0.2) is 5.78 Å². The minimum Gasteiger partial charge on any atom is -0.481 e. The molecule has 0 unspecified atom stereocenters. The van der Waals surface area contributed by atoms with Crippen LogP contribution >= 0.6 is 0 Å². The van der Waals surface area contributed by atoms with E-state index in [2.05, 4.69) is 44.5 Å². The van der Waals surface area contributed by atoms with Crippen LogP contribution in [0.3, 0.4) is 0 Å². The fourth-order valence-corrected chi connectivity index (χ4v) is 3.71. The maximum absolute atomic E-state index is 13.0. The fourth-order valence-electron chi connectivity index (χ4n) is 3.71. The number of carbonyl (C=O) groups is 2. The molecule has 3 aromatic carbocycles. The molecular formula is C26H23N5O3. The van der Waals surface area contributed by atoms with Crippen molar-refractivity contribution in [1.82, 2.24) is 9.97 Å². The third kappa shape index (κ3) is 5.42. The van der Waals surface area contributed by atoms with Crippen molar-refractivity contribution in [3.63, 3.8) is 0 Å². The van der Waals surface area contributed by atoms with E-state index in [1.54, 1.807) is 12.3 Å². The molecule has 8 nitrogen and oxygen atoms in total. The molecule has 4 N–H and O–H groups in total. The van der Waals surface area contributed by atoms with E-state index in [0.717, 1.165) is 34.7 Å². The van der Waals surface area contributed by atoms with Crippen LogP contribution in [0, 0.1) is 0 Å². The minimum atomic E-state index is -0.833. The van der Waals surface area contributed by atoms with Crippen molar-refractivity contribution >= 4 is 45.7 Å². The molecule has 34 heavy (non-hydrogen) atoms. The highest BCUT2D eigenvalue weighted by Gasteiger charge is 2.22. The van der Waals surface area contributed by atoms with Gasteiger partial charge in [-0.3, -0.25) is 14.6 Å². The smallest absolute Gasteiger partial charge is 0.300 e. The lowest BCUT2D eigenvalue weighted by molar-refractivity contribution is -0.134. The Bertz CT molecular complexity index is 1410. The maximum atomic E-state index is 13.0. The number of nitrogens with one attached hydrogen (secondary N) is 1. The van der Waals surface area contributed by atoms with E-state index in [0.29, 0.717) is 24.5 Å². The summed E-state index contributed by atoms with van der Waals surface area (Å²) in [6.45, 7) is 1.61. The highest BCUT2D eigenvalue weighted by molar-refractivity contribution is 6.47. The lowest BCUT2D eigenvalue weighted by Gasteiger charge is -2.09. The molecule has 0 atom stereocenters. The predicted molar refractivity (Wildman–Crippen MR) is 132 cm³/mol. The number of aliphatic imine (C=N–C) groups is 1. The summed E-state index contributed by atoms with van der Waals surface area (Å²) in [5, 5.41) is 12.9. The Morgan fingerprint density at radius 3 is 2.56 bits per heavy atom. The third-order valence-corrected chi connectivity index (χ3v) is 5.16. The zero-order valence-electron chi connectivity index (χ0n) is 18.5. The van der Waals surface area contributed by atoms with Crippen LogP contribution in [0.25, 0.3) is 10.8 Å². The summed E-state index contributed by atoms with van der Waals surface area (Å²) in [6.07, 6.45) is 1.92. The number of aromatic nitrogens is 2. The SMILES string of the molecule is CC(=O)O.Nc1nccc(Nc2ccc3c(c2)C(C(=O)Cc2ccc4ccccc4c2)=NC3)n1. The minimum absolute atomic E-state index is 0.0208. The normalized spacial score (nSPS) is 11.7. The number of hydrogen-bond donors (Lipinski definition) is 3. The molecular weight excluding hydrogens is 430 g/mol. The molecule has 5 rings (SSSR count). The van der Waals surface area contributed by atoms with Gasteiger partial charge >= 0.3 is 0 Å². The van der Waals surface area contributed by atoms with Crippen LogP contribution in [0.4, 0.5) is 17.5 Å². The van der Waals surface area contributed by atoms with Gasteiger partial charge in [-0.2, -0.15) is 4.98 Å². The monoisotopic (exact) mass is 453 g/mol. The number of nitrogens with two attached hydrogens (primary N) is 1. The van der Waals surface area contributed by atoms with Crippen LogP contribution in [0.2, 0.25) is 0 Å². The predicted octanol–water partition coefficient (Wildman–Crippen LogP) is 4.16. The van der Waals surface area contributed by atoms with Gasteiger partial charge in [-0.05, 0) is 40.1 Å². The van der Waals surface area contributed by atoms with Crippen molar-refractivity contribution in [3.05, 3.63) is 89.6 Å². The molecule has 0 aliphatic carbocycles. The first-order valence-corrected chi connectivity index (χ1v) is 10.6. The number of fused-ring (bicyclic) bond motifs is 2. The first kappa shape index (κ1) is 22.6. The second-order valence-corrected chi connectivity index (χ2v) is 7.76. The second kappa shape index (κ2) is 9.91. The van der Waals surface area contributed by atoms with Gasteiger partial charge in [0, 0.05) is 30.8 Å². The fraction of sp³-hybridized carbons (Fsp3) is 0.115. The molecule has 0 bridgehead atoms. The highest BCUT2D eigenvalue weighted by atomic mass is 16.4. The van der Waals surface area contributed by atoms with E-state index < -0.39 is 5.97 Å². The van der Waals surface area contributed by atoms with Gasteiger partial charge in [0.2, 0.25) is 5.95 Å². The quantitative estimate of drug-likeness (QED) is 0.413. The van der Waals surface area contributed by atoms with Crippen molar-refractivity contribution < 1.29 is 14.7 Å². The van der Waals surface area contributed by atoms with Gasteiger partial charge < -0.3 is 16.2 Å². The lowest BCUT2D eigenvalue weighted by atomic mass is 9.97. The molecule has 0 saturated carbocycles. The standard InChI is InChI=1S/C24H19N5O.C2H4O2/c25-24-26-10-9-22(29-24)28-19-8-7-18-14-27-23(20(18)13-19)21(30)12-15-5-6-16-3-1-2-4-17(16)11-15;1-2(3)4/h1-11,13H,12,14H2,(H3,25,26,28,29);1H3,(H,3,4). The first-order chi connectivity index (χ1) is 16.4. The molecule has 0 radical (unpaired) electrons. The van der Waals surface area contributed by atoms with Gasteiger partial charge in [0.05, 0.1) is 6.54 Å². The molecule has 170 valence electrons. The van der Waals surface area contributed by atoms with Crippen LogP contribution in [0.5, 0.6) is 0 Å². The van der Waals surface area contributed by atoms with Crippen LogP contribution in [-0.4, -0.2) is 32.5 Å². The van der Waals surface area contributed by atoms with Gasteiger partial charge in [-0.15, -0.1) is 0 Å². The molecule has 0 saturated heterocycles. The number of carboxylic acids is 1. The lowest BCUT2D eigenvalue weighted by Crippen LogP contribution is -2.16. The number of hydrogen-bond acceptors (Lipinski definition) is 7. The Hall–Kier alpha value is -4.59. The molecule has 0 amide bonds. The van der Waals surface area contributed by atoms with E-state index >= 15 is 0 Å². The first-order valence-electron chi connectivity index (χ1n) is 10.6. The summed E-state index contributed by atoms with van der Waals surface area (Å²) in [6, 6.07) is 21.9. The van der Waals surface area contributed by atoms with E-state index in [9.17, 15) is 4.79 Å². The second-order valence-electron chi connectivity index (χ2n) is 7.76. The van der Waals surface area contributed by atoms with E-state index in [1.165, 1.54) is 5.39 Å². The van der Waals surface area contributed by atoms with Gasteiger partial charge in [0.1, 0.15) is 11.5 Å². The third-order valence-electron chi connectivity index (χ3n) is 5.16. The Kier molecular flexibility index (Phi) is 6.59. The van der Waals surface area contributed by atoms with Crippen molar-refractivity contribution in [2.45, 2.75) is 19.9 Å². The largest absolute Gasteiger partial charge is 0.481 e. The van der Waals surface area contributed by atoms with Crippen molar-refractivity contribution in [3.8, 4) is 0 Å². The summed E-state index contributed by atoms with van der Waals surface area (Å²) >= 11 is 0. The molecule has 4 aromatic rings. The highest BCUT2D eigenvalue weighted by Crippen LogP contribution is 2.26. The number of nitrogens with zero attached hydrogens (tertiary/aromatic N) is 3. The number of ketones is 1. The molecule has 1 aliphatic rings. The van der Waals surface area contributed by atoms with Crippen LogP contribution in [0.1, 0.15) is 23.6 Å². The Balaban J connectivity index is 0.000000636. The Morgan fingerprint density at radius 1 is 1.03 bits per heavy atom. The van der Waals surface area contributed by atoms with E-state index in [-0.39, 0.29) is 11.7 Å². The van der Waals surface area contributed by atoms with Crippen molar-refractivity contribution in [1.29, 1.82) is 0 Å². The van der Waals surface area contributed by atoms with Crippen molar-refractivity contribution in [2.24, 2.45) is 4.99 Å². The summed E-state index contributed by atoms with van der Waals surface area (Å²) in [5.74, 6) is -0.0112. The molecule has 8 heteroatoms. The number of carboxylic acid groups (broad SMARTS) is 1. The zero-order valence-corrected chi connectivity index (χ0v) is 18.5. The summed E-state index contributed by atoms with van der Waals surface area (Å²) in [4.78, 5) is 34.6.